The Labute approximate surface area is 98.5 Å². The van der Waals surface area contributed by atoms with E-state index in [2.05, 4.69) is 31.1 Å². The van der Waals surface area contributed by atoms with Crippen LogP contribution >= 0.6 is 11.8 Å². The van der Waals surface area contributed by atoms with Gasteiger partial charge in [0, 0.05) is 25.0 Å². The molecule has 2 nitrogen and oxygen atoms in total. The minimum absolute atomic E-state index is 0.658. The predicted molar refractivity (Wildman–Crippen MR) is 68.6 cm³/mol. The van der Waals surface area contributed by atoms with Gasteiger partial charge in [-0.3, -0.25) is 0 Å². The number of rotatable bonds is 6. The van der Waals surface area contributed by atoms with E-state index in [0.29, 0.717) is 12.0 Å². The molecule has 0 amide bonds. The quantitative estimate of drug-likeness (QED) is 0.759. The van der Waals surface area contributed by atoms with Gasteiger partial charge in [-0.15, -0.1) is 0 Å². The van der Waals surface area contributed by atoms with Gasteiger partial charge < -0.3 is 10.1 Å². The van der Waals surface area contributed by atoms with Gasteiger partial charge in [-0.1, -0.05) is 13.3 Å². The summed E-state index contributed by atoms with van der Waals surface area (Å²) in [6, 6.07) is 0.658. The standard InChI is InChI=1S/C12H25NOS/c1-10(7-8-14-3)12(13-2)11-6-4-5-9-15-11/h10-13H,4-9H2,1-3H3. The molecule has 15 heavy (non-hydrogen) atoms. The lowest BCUT2D eigenvalue weighted by Gasteiger charge is -2.33. The second-order valence-electron chi connectivity index (χ2n) is 4.48. The third-order valence-electron chi connectivity index (χ3n) is 3.34. The van der Waals surface area contributed by atoms with Gasteiger partial charge in [0.1, 0.15) is 0 Å². The van der Waals surface area contributed by atoms with Crippen LogP contribution < -0.4 is 5.32 Å². The van der Waals surface area contributed by atoms with Crippen LogP contribution in [0.2, 0.25) is 0 Å². The number of methoxy groups -OCH3 is 1. The Morgan fingerprint density at radius 1 is 1.47 bits per heavy atom. The summed E-state index contributed by atoms with van der Waals surface area (Å²) in [6.07, 6.45) is 5.36. The molecule has 1 N–H and O–H groups in total. The highest BCUT2D eigenvalue weighted by atomic mass is 32.2. The fourth-order valence-electron chi connectivity index (χ4n) is 2.37. The van der Waals surface area contributed by atoms with Crippen LogP contribution in [0.1, 0.15) is 32.6 Å². The van der Waals surface area contributed by atoms with E-state index < -0.39 is 0 Å². The first-order valence-electron chi connectivity index (χ1n) is 6.07. The Hall–Kier alpha value is 0.270. The predicted octanol–water partition coefficient (Wildman–Crippen LogP) is 2.53. The lowest BCUT2D eigenvalue weighted by molar-refractivity contribution is 0.170. The van der Waals surface area contributed by atoms with Crippen molar-refractivity contribution >= 4 is 11.8 Å². The van der Waals surface area contributed by atoms with Crippen LogP contribution in [0.5, 0.6) is 0 Å². The van der Waals surface area contributed by atoms with Crippen LogP contribution in [0.4, 0.5) is 0 Å². The summed E-state index contributed by atoms with van der Waals surface area (Å²) in [5, 5.41) is 4.32. The zero-order valence-corrected chi connectivity index (χ0v) is 11.1. The first-order valence-corrected chi connectivity index (χ1v) is 7.12. The minimum Gasteiger partial charge on any atom is -0.385 e. The number of ether oxygens (including phenoxy) is 1. The fourth-order valence-corrected chi connectivity index (χ4v) is 3.99. The van der Waals surface area contributed by atoms with Crippen molar-refractivity contribution in [2.45, 2.75) is 43.9 Å². The van der Waals surface area contributed by atoms with E-state index in [1.807, 2.05) is 0 Å². The van der Waals surface area contributed by atoms with Gasteiger partial charge in [-0.25, -0.2) is 0 Å². The van der Waals surface area contributed by atoms with E-state index in [0.717, 1.165) is 11.9 Å². The van der Waals surface area contributed by atoms with E-state index in [9.17, 15) is 0 Å². The lowest BCUT2D eigenvalue weighted by Crippen LogP contribution is -2.42. The van der Waals surface area contributed by atoms with Crippen LogP contribution in [0.25, 0.3) is 0 Å². The van der Waals surface area contributed by atoms with Gasteiger partial charge in [-0.2, -0.15) is 11.8 Å². The van der Waals surface area contributed by atoms with E-state index >= 15 is 0 Å². The Kier molecular flexibility index (Phi) is 6.69. The van der Waals surface area contributed by atoms with Crippen LogP contribution in [0.15, 0.2) is 0 Å². The highest BCUT2D eigenvalue weighted by molar-refractivity contribution is 8.00. The normalized spacial score (nSPS) is 26.2. The number of thioether (sulfide) groups is 1. The highest BCUT2D eigenvalue weighted by Crippen LogP contribution is 2.30. The zero-order valence-electron chi connectivity index (χ0n) is 10.3. The Morgan fingerprint density at radius 2 is 2.27 bits per heavy atom. The molecule has 0 saturated carbocycles. The van der Waals surface area contributed by atoms with Crippen molar-refractivity contribution < 1.29 is 4.74 Å². The summed E-state index contributed by atoms with van der Waals surface area (Å²) in [4.78, 5) is 0. The molecule has 1 heterocycles. The largest absolute Gasteiger partial charge is 0.385 e. The molecule has 1 rings (SSSR count). The minimum atomic E-state index is 0.658. The molecule has 3 atom stereocenters. The molecular formula is C12H25NOS. The molecule has 0 aromatic rings. The van der Waals surface area contributed by atoms with Gasteiger partial charge in [0.05, 0.1) is 0 Å². The van der Waals surface area contributed by atoms with E-state index in [1.165, 1.54) is 31.4 Å². The summed E-state index contributed by atoms with van der Waals surface area (Å²) in [5.74, 6) is 2.06. The molecule has 0 radical (unpaired) electrons. The summed E-state index contributed by atoms with van der Waals surface area (Å²) < 4.78 is 5.16. The first kappa shape index (κ1) is 13.3. The summed E-state index contributed by atoms with van der Waals surface area (Å²) in [7, 11) is 3.89. The van der Waals surface area contributed by atoms with E-state index in [-0.39, 0.29) is 0 Å². The fraction of sp³-hybridized carbons (Fsp3) is 1.00. The van der Waals surface area contributed by atoms with Crippen molar-refractivity contribution in [3.05, 3.63) is 0 Å². The van der Waals surface area contributed by atoms with Gasteiger partial charge in [0.15, 0.2) is 0 Å². The van der Waals surface area contributed by atoms with Crippen LogP contribution in [0.3, 0.4) is 0 Å². The molecule has 1 aliphatic rings. The average molecular weight is 231 g/mol. The van der Waals surface area contributed by atoms with Crippen LogP contribution in [0, 0.1) is 5.92 Å². The van der Waals surface area contributed by atoms with Gasteiger partial charge in [0.2, 0.25) is 0 Å². The maximum atomic E-state index is 5.16. The topological polar surface area (TPSA) is 21.3 Å². The number of hydrogen-bond donors (Lipinski definition) is 1. The van der Waals surface area contributed by atoms with E-state index in [1.54, 1.807) is 7.11 Å². The first-order chi connectivity index (χ1) is 7.29. The van der Waals surface area contributed by atoms with Crippen molar-refractivity contribution in [3.63, 3.8) is 0 Å². The molecule has 0 aliphatic carbocycles. The Morgan fingerprint density at radius 3 is 2.80 bits per heavy atom. The Bertz CT molecular complexity index is 160. The molecular weight excluding hydrogens is 206 g/mol. The van der Waals surface area contributed by atoms with Crippen molar-refractivity contribution in [1.29, 1.82) is 0 Å². The molecule has 0 spiro atoms. The Balaban J connectivity index is 2.37. The summed E-state index contributed by atoms with van der Waals surface area (Å²) in [6.45, 7) is 3.23. The molecule has 1 aliphatic heterocycles. The molecule has 0 aromatic heterocycles. The smallest absolute Gasteiger partial charge is 0.0465 e. The SMILES string of the molecule is CNC(C(C)CCOC)C1CCCCS1. The maximum Gasteiger partial charge on any atom is 0.0465 e. The molecule has 3 heteroatoms. The van der Waals surface area contributed by atoms with Crippen LogP contribution in [-0.4, -0.2) is 37.8 Å². The molecule has 1 saturated heterocycles. The average Bonchev–Trinajstić information content (AvgIpc) is 2.29. The summed E-state index contributed by atoms with van der Waals surface area (Å²) in [5.41, 5.74) is 0. The van der Waals surface area contributed by atoms with Crippen molar-refractivity contribution in [2.75, 3.05) is 26.5 Å². The molecule has 90 valence electrons. The number of hydrogen-bond acceptors (Lipinski definition) is 3. The monoisotopic (exact) mass is 231 g/mol. The van der Waals surface area contributed by atoms with Gasteiger partial charge >= 0.3 is 0 Å². The third-order valence-corrected chi connectivity index (χ3v) is 4.82. The van der Waals surface area contributed by atoms with Crippen molar-refractivity contribution in [3.8, 4) is 0 Å². The van der Waals surface area contributed by atoms with Crippen molar-refractivity contribution in [2.24, 2.45) is 5.92 Å². The van der Waals surface area contributed by atoms with Crippen LogP contribution in [-0.2, 0) is 4.74 Å². The molecule has 3 unspecified atom stereocenters. The van der Waals surface area contributed by atoms with E-state index in [4.69, 9.17) is 4.74 Å². The maximum absolute atomic E-state index is 5.16. The summed E-state index contributed by atoms with van der Waals surface area (Å²) >= 11 is 2.15. The lowest BCUT2D eigenvalue weighted by atomic mass is 9.93. The number of nitrogens with one attached hydrogen (secondary N) is 1. The molecule has 0 bridgehead atoms. The van der Waals surface area contributed by atoms with Crippen molar-refractivity contribution in [1.82, 2.24) is 5.32 Å². The third kappa shape index (κ3) is 4.33. The zero-order chi connectivity index (χ0) is 11.1. The molecule has 1 fully saturated rings. The van der Waals surface area contributed by atoms with Gasteiger partial charge in [0.25, 0.3) is 0 Å². The molecule has 0 aromatic carbocycles. The highest BCUT2D eigenvalue weighted by Gasteiger charge is 2.26. The second kappa shape index (κ2) is 7.53. The second-order valence-corrected chi connectivity index (χ2v) is 5.83. The van der Waals surface area contributed by atoms with Gasteiger partial charge in [-0.05, 0) is 38.0 Å².